The molecule has 1 N–H and O–H groups in total. The van der Waals surface area contributed by atoms with E-state index in [0.717, 1.165) is 5.57 Å². The highest BCUT2D eigenvalue weighted by molar-refractivity contribution is 5.74. The van der Waals surface area contributed by atoms with Crippen LogP contribution in [-0.4, -0.2) is 7.05 Å². The molecule has 0 aromatic heterocycles. The number of benzene rings is 1. The van der Waals surface area contributed by atoms with Gasteiger partial charge in [-0.15, -0.1) is 0 Å². The standard InChI is InChI=1S/C17H23N/c1-13(2)16(12-18-5)11-10-15(4)17-9-7-6-8-14(17)3/h6-13,18H,4H2,1-3,5H3/b11-10-,16-12+. The first-order valence-corrected chi connectivity index (χ1v) is 6.36. The van der Waals surface area contributed by atoms with E-state index in [0.29, 0.717) is 5.92 Å². The molecule has 0 saturated carbocycles. The Morgan fingerprint density at radius 2 is 1.89 bits per heavy atom. The Kier molecular flexibility index (Phi) is 5.44. The van der Waals surface area contributed by atoms with Gasteiger partial charge in [0.2, 0.25) is 0 Å². The van der Waals surface area contributed by atoms with E-state index < -0.39 is 0 Å². The molecular weight excluding hydrogens is 218 g/mol. The van der Waals surface area contributed by atoms with Crippen molar-refractivity contribution in [2.75, 3.05) is 7.05 Å². The van der Waals surface area contributed by atoms with Crippen LogP contribution >= 0.6 is 0 Å². The Morgan fingerprint density at radius 3 is 2.44 bits per heavy atom. The number of aryl methyl sites for hydroxylation is 1. The van der Waals surface area contributed by atoms with Crippen LogP contribution in [0.1, 0.15) is 25.0 Å². The summed E-state index contributed by atoms with van der Waals surface area (Å²) < 4.78 is 0. The van der Waals surface area contributed by atoms with Crippen LogP contribution in [0.2, 0.25) is 0 Å². The Balaban J connectivity index is 2.88. The summed E-state index contributed by atoms with van der Waals surface area (Å²) in [5.41, 5.74) is 4.79. The van der Waals surface area contributed by atoms with Gasteiger partial charge in [0.1, 0.15) is 0 Å². The molecule has 0 aliphatic heterocycles. The lowest BCUT2D eigenvalue weighted by atomic mass is 9.99. The van der Waals surface area contributed by atoms with Crippen molar-refractivity contribution in [3.63, 3.8) is 0 Å². The predicted molar refractivity (Wildman–Crippen MR) is 81.3 cm³/mol. The first-order valence-electron chi connectivity index (χ1n) is 6.36. The van der Waals surface area contributed by atoms with E-state index in [1.54, 1.807) is 0 Å². The van der Waals surface area contributed by atoms with Crippen molar-refractivity contribution in [3.8, 4) is 0 Å². The van der Waals surface area contributed by atoms with Crippen LogP contribution in [-0.2, 0) is 0 Å². The molecule has 96 valence electrons. The highest BCUT2D eigenvalue weighted by atomic mass is 14.8. The molecule has 0 radical (unpaired) electrons. The third-order valence-corrected chi connectivity index (χ3v) is 2.95. The van der Waals surface area contributed by atoms with E-state index in [2.05, 4.69) is 63.0 Å². The Hall–Kier alpha value is -1.76. The monoisotopic (exact) mass is 241 g/mol. The third kappa shape index (κ3) is 3.92. The van der Waals surface area contributed by atoms with E-state index in [-0.39, 0.29) is 0 Å². The van der Waals surface area contributed by atoms with Gasteiger partial charge in [0.25, 0.3) is 0 Å². The number of nitrogens with one attached hydrogen (secondary N) is 1. The molecule has 0 heterocycles. The van der Waals surface area contributed by atoms with Gasteiger partial charge < -0.3 is 5.32 Å². The van der Waals surface area contributed by atoms with Gasteiger partial charge >= 0.3 is 0 Å². The molecule has 1 nitrogen and oxygen atoms in total. The fourth-order valence-corrected chi connectivity index (χ4v) is 1.79. The molecule has 0 unspecified atom stereocenters. The molecule has 0 aliphatic rings. The number of hydrogen-bond donors (Lipinski definition) is 1. The van der Waals surface area contributed by atoms with Crippen LogP contribution in [0, 0.1) is 12.8 Å². The SMILES string of the molecule is C=C(/C=C\C(=C/NC)C(C)C)c1ccccc1C. The average Bonchev–Trinajstić information content (AvgIpc) is 2.34. The summed E-state index contributed by atoms with van der Waals surface area (Å²) in [6, 6.07) is 8.32. The van der Waals surface area contributed by atoms with E-state index in [1.807, 2.05) is 19.3 Å². The highest BCUT2D eigenvalue weighted by Crippen LogP contribution is 2.19. The van der Waals surface area contributed by atoms with E-state index in [4.69, 9.17) is 0 Å². The summed E-state index contributed by atoms with van der Waals surface area (Å²) in [7, 11) is 1.92. The first kappa shape index (κ1) is 14.3. The van der Waals surface area contributed by atoms with Crippen LogP contribution in [0.5, 0.6) is 0 Å². The third-order valence-electron chi connectivity index (χ3n) is 2.95. The second kappa shape index (κ2) is 6.85. The van der Waals surface area contributed by atoms with E-state index in [9.17, 15) is 0 Å². The van der Waals surface area contributed by atoms with Crippen molar-refractivity contribution in [2.45, 2.75) is 20.8 Å². The van der Waals surface area contributed by atoms with Crippen molar-refractivity contribution in [2.24, 2.45) is 5.92 Å². The molecule has 1 heteroatoms. The van der Waals surface area contributed by atoms with Gasteiger partial charge in [-0.1, -0.05) is 56.8 Å². The minimum atomic E-state index is 0.498. The van der Waals surface area contributed by atoms with Gasteiger partial charge in [-0.25, -0.2) is 0 Å². The lowest BCUT2D eigenvalue weighted by molar-refractivity contribution is 0.780. The summed E-state index contributed by atoms with van der Waals surface area (Å²) in [6.07, 6.45) is 6.26. The first-order chi connectivity index (χ1) is 8.56. The fourth-order valence-electron chi connectivity index (χ4n) is 1.79. The maximum atomic E-state index is 4.14. The molecule has 0 saturated heterocycles. The van der Waals surface area contributed by atoms with Crippen molar-refractivity contribution >= 4 is 5.57 Å². The Morgan fingerprint density at radius 1 is 1.22 bits per heavy atom. The molecule has 1 rings (SSSR count). The van der Waals surface area contributed by atoms with Gasteiger partial charge in [0.05, 0.1) is 0 Å². The van der Waals surface area contributed by atoms with Crippen LogP contribution < -0.4 is 5.32 Å². The average molecular weight is 241 g/mol. The van der Waals surface area contributed by atoms with Crippen LogP contribution in [0.4, 0.5) is 0 Å². The van der Waals surface area contributed by atoms with Crippen molar-refractivity contribution in [1.29, 1.82) is 0 Å². The van der Waals surface area contributed by atoms with Crippen molar-refractivity contribution < 1.29 is 0 Å². The molecule has 0 spiro atoms. The highest BCUT2D eigenvalue weighted by Gasteiger charge is 2.01. The molecule has 0 bridgehead atoms. The second-order valence-corrected chi connectivity index (χ2v) is 4.76. The molecule has 0 atom stereocenters. The Labute approximate surface area is 111 Å². The number of allylic oxidation sites excluding steroid dienone is 4. The molecule has 0 fully saturated rings. The number of hydrogen-bond acceptors (Lipinski definition) is 1. The molecule has 0 aliphatic carbocycles. The normalized spacial score (nSPS) is 12.2. The molecule has 1 aromatic carbocycles. The zero-order valence-electron chi connectivity index (χ0n) is 11.8. The Bertz CT molecular complexity index is 464. The summed E-state index contributed by atoms with van der Waals surface area (Å²) in [4.78, 5) is 0. The lowest BCUT2D eigenvalue weighted by Gasteiger charge is -2.08. The molecule has 0 amide bonds. The fraction of sp³-hybridized carbons (Fsp3) is 0.294. The predicted octanol–water partition coefficient (Wildman–Crippen LogP) is 4.32. The van der Waals surface area contributed by atoms with Gasteiger partial charge in [0, 0.05) is 7.05 Å². The smallest absolute Gasteiger partial charge is 0.00278 e. The summed E-state index contributed by atoms with van der Waals surface area (Å²) in [5.74, 6) is 0.498. The van der Waals surface area contributed by atoms with Gasteiger partial charge in [-0.3, -0.25) is 0 Å². The number of rotatable bonds is 5. The van der Waals surface area contributed by atoms with Crippen molar-refractivity contribution in [3.05, 3.63) is 65.9 Å². The molecular formula is C17H23N. The quantitative estimate of drug-likeness (QED) is 0.757. The van der Waals surface area contributed by atoms with Gasteiger partial charge in [-0.05, 0) is 41.3 Å². The van der Waals surface area contributed by atoms with Crippen molar-refractivity contribution in [1.82, 2.24) is 5.32 Å². The minimum absolute atomic E-state index is 0.498. The van der Waals surface area contributed by atoms with Gasteiger partial charge in [-0.2, -0.15) is 0 Å². The molecule has 18 heavy (non-hydrogen) atoms. The summed E-state index contributed by atoms with van der Waals surface area (Å²) in [5, 5.41) is 3.08. The zero-order chi connectivity index (χ0) is 13.5. The largest absolute Gasteiger partial charge is 0.394 e. The zero-order valence-corrected chi connectivity index (χ0v) is 11.8. The van der Waals surface area contributed by atoms with Crippen LogP contribution in [0.3, 0.4) is 0 Å². The van der Waals surface area contributed by atoms with E-state index in [1.165, 1.54) is 16.7 Å². The molecule has 1 aromatic rings. The maximum Gasteiger partial charge on any atom is 0.00278 e. The van der Waals surface area contributed by atoms with E-state index >= 15 is 0 Å². The topological polar surface area (TPSA) is 12.0 Å². The minimum Gasteiger partial charge on any atom is -0.394 e. The van der Waals surface area contributed by atoms with Gasteiger partial charge in [0.15, 0.2) is 0 Å². The van der Waals surface area contributed by atoms with Crippen LogP contribution in [0.25, 0.3) is 5.57 Å². The second-order valence-electron chi connectivity index (χ2n) is 4.76. The lowest BCUT2D eigenvalue weighted by Crippen LogP contribution is -1.99. The van der Waals surface area contributed by atoms with Crippen LogP contribution in [0.15, 0.2) is 54.8 Å². The maximum absolute atomic E-state index is 4.14. The summed E-state index contributed by atoms with van der Waals surface area (Å²) in [6.45, 7) is 10.6. The summed E-state index contributed by atoms with van der Waals surface area (Å²) >= 11 is 0.